The highest BCUT2D eigenvalue weighted by Gasteiger charge is 1.99. The van der Waals surface area contributed by atoms with Crippen LogP contribution in [0.5, 0.6) is 0 Å². The first-order chi connectivity index (χ1) is 7.40. The number of hydrogen-bond donors (Lipinski definition) is 1. The van der Waals surface area contributed by atoms with E-state index < -0.39 is 0 Å². The number of hydrogen-bond acceptors (Lipinski definition) is 3. The van der Waals surface area contributed by atoms with Crippen molar-refractivity contribution in [3.63, 3.8) is 0 Å². The fourth-order valence-electron chi connectivity index (χ4n) is 1.40. The fourth-order valence-corrected chi connectivity index (χ4v) is 1.40. The SMILES string of the molecule is OCCc1ccc(-c2ncccn2)cc1. The van der Waals surface area contributed by atoms with Gasteiger partial charge < -0.3 is 5.11 Å². The van der Waals surface area contributed by atoms with Gasteiger partial charge >= 0.3 is 0 Å². The molecule has 2 rings (SSSR count). The Morgan fingerprint density at radius 1 is 1.00 bits per heavy atom. The van der Waals surface area contributed by atoms with Crippen molar-refractivity contribution in [2.24, 2.45) is 0 Å². The third-order valence-corrected chi connectivity index (χ3v) is 2.18. The molecule has 0 saturated carbocycles. The van der Waals surface area contributed by atoms with Crippen LogP contribution in [0.3, 0.4) is 0 Å². The van der Waals surface area contributed by atoms with Crippen molar-refractivity contribution in [3.8, 4) is 11.4 Å². The average Bonchev–Trinajstić information content (AvgIpc) is 2.32. The minimum absolute atomic E-state index is 0.182. The first-order valence-electron chi connectivity index (χ1n) is 4.87. The van der Waals surface area contributed by atoms with Crippen LogP contribution < -0.4 is 0 Å². The summed E-state index contributed by atoms with van der Waals surface area (Å²) in [6, 6.07) is 9.72. The molecule has 0 spiro atoms. The summed E-state index contributed by atoms with van der Waals surface area (Å²) in [4.78, 5) is 8.33. The van der Waals surface area contributed by atoms with Crippen LogP contribution in [-0.2, 0) is 6.42 Å². The molecule has 2 aromatic rings. The van der Waals surface area contributed by atoms with Gasteiger partial charge in [-0.05, 0) is 18.1 Å². The Hall–Kier alpha value is -1.74. The molecule has 0 radical (unpaired) electrons. The maximum absolute atomic E-state index is 8.78. The summed E-state index contributed by atoms with van der Waals surface area (Å²) in [5.74, 6) is 0.730. The number of nitrogens with zero attached hydrogens (tertiary/aromatic N) is 2. The molecule has 1 heterocycles. The van der Waals surface area contributed by atoms with E-state index in [1.807, 2.05) is 24.3 Å². The standard InChI is InChI=1S/C12H12N2O/c15-9-6-10-2-4-11(5-3-10)12-13-7-1-8-14-12/h1-5,7-8,15H,6,9H2. The third-order valence-electron chi connectivity index (χ3n) is 2.18. The van der Waals surface area contributed by atoms with Gasteiger partial charge in [-0.25, -0.2) is 9.97 Å². The van der Waals surface area contributed by atoms with Crippen LogP contribution in [0.1, 0.15) is 5.56 Å². The summed E-state index contributed by atoms with van der Waals surface area (Å²) in [5.41, 5.74) is 2.12. The van der Waals surface area contributed by atoms with Gasteiger partial charge in [0.25, 0.3) is 0 Å². The quantitative estimate of drug-likeness (QED) is 0.819. The minimum Gasteiger partial charge on any atom is -0.396 e. The van der Waals surface area contributed by atoms with Crippen LogP contribution in [0.4, 0.5) is 0 Å². The van der Waals surface area contributed by atoms with E-state index in [1.165, 1.54) is 0 Å². The van der Waals surface area contributed by atoms with Crippen LogP contribution in [0.2, 0.25) is 0 Å². The van der Waals surface area contributed by atoms with Crippen LogP contribution in [0.15, 0.2) is 42.7 Å². The molecule has 0 saturated heterocycles. The molecule has 15 heavy (non-hydrogen) atoms. The van der Waals surface area contributed by atoms with Crippen molar-refractivity contribution < 1.29 is 5.11 Å². The molecule has 1 aromatic carbocycles. The predicted octanol–water partition coefficient (Wildman–Crippen LogP) is 1.68. The summed E-state index contributed by atoms with van der Waals surface area (Å²) in [5, 5.41) is 8.78. The second-order valence-corrected chi connectivity index (χ2v) is 3.24. The molecular weight excluding hydrogens is 188 g/mol. The molecular formula is C12H12N2O. The number of aliphatic hydroxyl groups is 1. The van der Waals surface area contributed by atoms with Gasteiger partial charge in [-0.3, -0.25) is 0 Å². The molecule has 0 amide bonds. The van der Waals surface area contributed by atoms with Crippen molar-refractivity contribution in [1.29, 1.82) is 0 Å². The molecule has 0 aliphatic heterocycles. The first-order valence-corrected chi connectivity index (χ1v) is 4.87. The lowest BCUT2D eigenvalue weighted by molar-refractivity contribution is 0.299. The van der Waals surface area contributed by atoms with Crippen LogP contribution >= 0.6 is 0 Å². The highest BCUT2D eigenvalue weighted by atomic mass is 16.2. The summed E-state index contributed by atoms with van der Waals surface area (Å²) < 4.78 is 0. The van der Waals surface area contributed by atoms with Gasteiger partial charge in [0.15, 0.2) is 5.82 Å². The highest BCUT2D eigenvalue weighted by molar-refractivity contribution is 5.54. The number of rotatable bonds is 3. The molecule has 1 N–H and O–H groups in total. The fraction of sp³-hybridized carbons (Fsp3) is 0.167. The zero-order valence-electron chi connectivity index (χ0n) is 8.30. The van der Waals surface area contributed by atoms with Crippen molar-refractivity contribution in [3.05, 3.63) is 48.3 Å². The second-order valence-electron chi connectivity index (χ2n) is 3.24. The minimum atomic E-state index is 0.182. The lowest BCUT2D eigenvalue weighted by atomic mass is 10.1. The maximum Gasteiger partial charge on any atom is 0.159 e. The van der Waals surface area contributed by atoms with E-state index >= 15 is 0 Å². The summed E-state index contributed by atoms with van der Waals surface area (Å²) >= 11 is 0. The lowest BCUT2D eigenvalue weighted by Crippen LogP contribution is -1.91. The number of benzene rings is 1. The van der Waals surface area contributed by atoms with E-state index in [-0.39, 0.29) is 6.61 Å². The first kappa shape index (κ1) is 9.80. The average molecular weight is 200 g/mol. The third kappa shape index (κ3) is 2.39. The molecule has 0 aliphatic carbocycles. The Morgan fingerprint density at radius 3 is 2.27 bits per heavy atom. The predicted molar refractivity (Wildman–Crippen MR) is 58.3 cm³/mol. The van der Waals surface area contributed by atoms with Crippen molar-refractivity contribution >= 4 is 0 Å². The summed E-state index contributed by atoms with van der Waals surface area (Å²) in [7, 11) is 0. The molecule has 1 aromatic heterocycles. The van der Waals surface area contributed by atoms with E-state index in [0.717, 1.165) is 17.0 Å². The largest absolute Gasteiger partial charge is 0.396 e. The molecule has 0 aliphatic rings. The van der Waals surface area contributed by atoms with Crippen LogP contribution in [0, 0.1) is 0 Å². The molecule has 0 bridgehead atoms. The molecule has 0 fully saturated rings. The number of aromatic nitrogens is 2. The maximum atomic E-state index is 8.78. The second kappa shape index (κ2) is 4.66. The zero-order valence-corrected chi connectivity index (χ0v) is 8.30. The van der Waals surface area contributed by atoms with Crippen molar-refractivity contribution in [1.82, 2.24) is 9.97 Å². The van der Waals surface area contributed by atoms with Gasteiger partial charge in [0, 0.05) is 24.6 Å². The smallest absolute Gasteiger partial charge is 0.159 e. The Morgan fingerprint density at radius 2 is 1.67 bits per heavy atom. The highest BCUT2D eigenvalue weighted by Crippen LogP contribution is 2.14. The van der Waals surface area contributed by atoms with E-state index in [2.05, 4.69) is 9.97 Å². The topological polar surface area (TPSA) is 46.0 Å². The van der Waals surface area contributed by atoms with Gasteiger partial charge in [0.2, 0.25) is 0 Å². The van der Waals surface area contributed by atoms with Gasteiger partial charge in [-0.2, -0.15) is 0 Å². The summed E-state index contributed by atoms with van der Waals surface area (Å²) in [6.07, 6.45) is 4.14. The molecule has 0 unspecified atom stereocenters. The zero-order chi connectivity index (χ0) is 10.5. The van der Waals surface area contributed by atoms with E-state index in [0.29, 0.717) is 6.42 Å². The van der Waals surface area contributed by atoms with E-state index in [1.54, 1.807) is 18.5 Å². The monoisotopic (exact) mass is 200 g/mol. The number of aliphatic hydroxyl groups excluding tert-OH is 1. The normalized spacial score (nSPS) is 10.2. The van der Waals surface area contributed by atoms with Crippen LogP contribution in [0.25, 0.3) is 11.4 Å². The Bertz CT molecular complexity index is 411. The van der Waals surface area contributed by atoms with Crippen molar-refractivity contribution in [2.75, 3.05) is 6.61 Å². The van der Waals surface area contributed by atoms with Crippen molar-refractivity contribution in [2.45, 2.75) is 6.42 Å². The Balaban J connectivity index is 2.24. The molecule has 76 valence electrons. The Labute approximate surface area is 88.5 Å². The Kier molecular flexibility index (Phi) is 3.05. The molecule has 3 heteroatoms. The van der Waals surface area contributed by atoms with E-state index in [4.69, 9.17) is 5.11 Å². The van der Waals surface area contributed by atoms with Gasteiger partial charge in [0.1, 0.15) is 0 Å². The summed E-state index contributed by atoms with van der Waals surface area (Å²) in [6.45, 7) is 0.182. The molecule has 0 atom stereocenters. The van der Waals surface area contributed by atoms with E-state index in [9.17, 15) is 0 Å². The van der Waals surface area contributed by atoms with Crippen LogP contribution in [-0.4, -0.2) is 21.7 Å². The van der Waals surface area contributed by atoms with Gasteiger partial charge in [-0.1, -0.05) is 24.3 Å². The van der Waals surface area contributed by atoms with Gasteiger partial charge in [0.05, 0.1) is 0 Å². The lowest BCUT2D eigenvalue weighted by Gasteiger charge is -2.01. The molecule has 3 nitrogen and oxygen atoms in total. The van der Waals surface area contributed by atoms with Gasteiger partial charge in [-0.15, -0.1) is 0 Å².